The van der Waals surface area contributed by atoms with E-state index in [1.807, 2.05) is 24.3 Å². The van der Waals surface area contributed by atoms with Gasteiger partial charge in [-0.1, -0.05) is 12.1 Å². The molecular weight excluding hydrogens is 276 g/mol. The van der Waals surface area contributed by atoms with Gasteiger partial charge in [0.15, 0.2) is 0 Å². The number of hydrogen-bond donors (Lipinski definition) is 1. The van der Waals surface area contributed by atoms with Crippen LogP contribution in [0, 0.1) is 0 Å². The van der Waals surface area contributed by atoms with Gasteiger partial charge in [-0.2, -0.15) is 7.82 Å². The van der Waals surface area contributed by atoms with Gasteiger partial charge in [-0.15, -0.1) is 0 Å². The first-order chi connectivity index (χ1) is 6.47. The maximum atomic E-state index is 8.55. The van der Waals surface area contributed by atoms with Gasteiger partial charge in [-0.05, 0) is 12.1 Å². The van der Waals surface area contributed by atoms with Gasteiger partial charge in [-0.3, -0.25) is 0 Å². The fourth-order valence-corrected chi connectivity index (χ4v) is 0.880. The third kappa shape index (κ3) is 12.6. The summed E-state index contributed by atoms with van der Waals surface area (Å²) >= 11 is 0. The third-order valence-electron chi connectivity index (χ3n) is 1.33. The van der Waals surface area contributed by atoms with Crippen molar-refractivity contribution in [1.29, 1.82) is 0 Å². The molecule has 0 spiro atoms. The molecule has 0 atom stereocenters. The fourth-order valence-electron chi connectivity index (χ4n) is 0.880. The van der Waals surface area contributed by atoms with E-state index in [2.05, 4.69) is 9.97 Å². The molecular formula is C7H6N2Na3O4P. The van der Waals surface area contributed by atoms with Crippen LogP contribution in [0.15, 0.2) is 30.6 Å². The predicted molar refractivity (Wildman–Crippen MR) is 43.7 cm³/mol. The van der Waals surface area contributed by atoms with Crippen LogP contribution < -0.4 is 103 Å². The SMILES string of the molecule is O=P([O-])([O-])[O-].[Na+].[Na+].[Na+].c1ccc2[nH]cnc2c1. The van der Waals surface area contributed by atoms with Gasteiger partial charge in [0.1, 0.15) is 0 Å². The summed E-state index contributed by atoms with van der Waals surface area (Å²) < 4.78 is 8.55. The standard InChI is InChI=1S/C7H6N2.3Na.H3O4P/c1-2-4-7-6(3-1)8-5-9-7;;;;1-5(2,3)4/h1-5H,(H,8,9);;;;(H3,1,2,3,4)/q;3*+1;/p-3. The minimum atomic E-state index is -5.39. The molecule has 0 bridgehead atoms. The average Bonchev–Trinajstić information content (AvgIpc) is 2.47. The van der Waals surface area contributed by atoms with Crippen LogP contribution in [0.1, 0.15) is 0 Å². The van der Waals surface area contributed by atoms with Gasteiger partial charge in [0.05, 0.1) is 17.4 Å². The van der Waals surface area contributed by atoms with Crippen LogP contribution in [0.5, 0.6) is 0 Å². The molecule has 0 aliphatic heterocycles. The van der Waals surface area contributed by atoms with Crippen molar-refractivity contribution in [2.45, 2.75) is 0 Å². The Bertz CT molecular complexity index is 423. The summed E-state index contributed by atoms with van der Waals surface area (Å²) in [6.07, 6.45) is 1.70. The maximum Gasteiger partial charge on any atom is 1.00 e. The number of imidazole rings is 1. The molecule has 1 N–H and O–H groups in total. The topological polar surface area (TPSA) is 115 Å². The van der Waals surface area contributed by atoms with Gasteiger partial charge in [0, 0.05) is 0 Å². The summed E-state index contributed by atoms with van der Waals surface area (Å²) in [7, 11) is -5.39. The molecule has 1 aromatic heterocycles. The summed E-state index contributed by atoms with van der Waals surface area (Å²) in [5, 5.41) is 0. The number of fused-ring (bicyclic) bond motifs is 1. The largest absolute Gasteiger partial charge is 1.00 e. The van der Waals surface area contributed by atoms with Crippen molar-refractivity contribution in [3.8, 4) is 0 Å². The summed E-state index contributed by atoms with van der Waals surface area (Å²) in [6, 6.07) is 7.94. The average molecular weight is 282 g/mol. The number of rotatable bonds is 0. The molecule has 0 radical (unpaired) electrons. The smallest absolute Gasteiger partial charge is 0.822 e. The van der Waals surface area contributed by atoms with E-state index in [0.29, 0.717) is 0 Å². The molecule has 17 heavy (non-hydrogen) atoms. The van der Waals surface area contributed by atoms with E-state index in [1.54, 1.807) is 6.33 Å². The Hall–Kier alpha value is 1.80. The second-order valence-corrected chi connectivity index (χ2v) is 3.26. The van der Waals surface area contributed by atoms with Crippen molar-refractivity contribution in [3.63, 3.8) is 0 Å². The van der Waals surface area contributed by atoms with Crippen LogP contribution in [-0.2, 0) is 4.57 Å². The normalized spacial score (nSPS) is 8.88. The number of aromatic amines is 1. The van der Waals surface area contributed by atoms with Crippen LogP contribution in [0.25, 0.3) is 11.0 Å². The summed E-state index contributed by atoms with van der Waals surface area (Å²) in [5.41, 5.74) is 2.12. The molecule has 0 aliphatic carbocycles. The zero-order valence-corrected chi connectivity index (χ0v) is 16.8. The van der Waals surface area contributed by atoms with E-state index in [0.717, 1.165) is 11.0 Å². The van der Waals surface area contributed by atoms with Crippen molar-refractivity contribution in [1.82, 2.24) is 9.97 Å². The number of para-hydroxylation sites is 2. The Kier molecular flexibility index (Phi) is 16.3. The van der Waals surface area contributed by atoms with E-state index in [9.17, 15) is 0 Å². The minimum Gasteiger partial charge on any atom is -0.822 e. The Balaban J connectivity index is -0.000000222. The van der Waals surface area contributed by atoms with Gasteiger partial charge in [-0.25, -0.2) is 4.98 Å². The first-order valence-electron chi connectivity index (χ1n) is 3.58. The maximum absolute atomic E-state index is 8.55. The zero-order valence-electron chi connectivity index (χ0n) is 9.91. The van der Waals surface area contributed by atoms with Crippen LogP contribution in [0.2, 0.25) is 0 Å². The van der Waals surface area contributed by atoms with Crippen LogP contribution in [-0.4, -0.2) is 9.97 Å². The molecule has 1 heterocycles. The van der Waals surface area contributed by atoms with Crippen molar-refractivity contribution in [2.24, 2.45) is 0 Å². The number of phosphoric acid groups is 1. The molecule has 6 nitrogen and oxygen atoms in total. The van der Waals surface area contributed by atoms with E-state index in [-0.39, 0.29) is 88.7 Å². The second kappa shape index (κ2) is 11.6. The van der Waals surface area contributed by atoms with Gasteiger partial charge in [0.25, 0.3) is 0 Å². The third-order valence-corrected chi connectivity index (χ3v) is 1.33. The van der Waals surface area contributed by atoms with Crippen LogP contribution in [0.3, 0.4) is 0 Å². The van der Waals surface area contributed by atoms with Gasteiger partial charge < -0.3 is 24.2 Å². The second-order valence-electron chi connectivity index (χ2n) is 2.37. The van der Waals surface area contributed by atoms with Crippen LogP contribution >= 0.6 is 7.82 Å². The first-order valence-corrected chi connectivity index (χ1v) is 5.04. The Morgan fingerprint density at radius 1 is 1.06 bits per heavy atom. The van der Waals surface area contributed by atoms with E-state index < -0.39 is 7.82 Å². The van der Waals surface area contributed by atoms with Gasteiger partial charge in [0.2, 0.25) is 0 Å². The summed E-state index contributed by atoms with van der Waals surface area (Å²) in [4.78, 5) is 32.7. The molecule has 1 aromatic carbocycles. The summed E-state index contributed by atoms with van der Waals surface area (Å²) in [6.45, 7) is 0. The molecule has 0 unspecified atom stereocenters. The number of benzene rings is 1. The molecule has 76 valence electrons. The van der Waals surface area contributed by atoms with Crippen molar-refractivity contribution < 1.29 is 108 Å². The predicted octanol–water partition coefficient (Wildman–Crippen LogP) is -10.2. The van der Waals surface area contributed by atoms with Crippen molar-refractivity contribution in [3.05, 3.63) is 30.6 Å². The monoisotopic (exact) mass is 282 g/mol. The quantitative estimate of drug-likeness (QED) is 0.380. The molecule has 0 fully saturated rings. The van der Waals surface area contributed by atoms with Crippen LogP contribution in [0.4, 0.5) is 0 Å². The number of aromatic nitrogens is 2. The molecule has 0 saturated heterocycles. The van der Waals surface area contributed by atoms with Crippen molar-refractivity contribution in [2.75, 3.05) is 0 Å². The van der Waals surface area contributed by atoms with E-state index >= 15 is 0 Å². The van der Waals surface area contributed by atoms with E-state index in [4.69, 9.17) is 19.2 Å². The Morgan fingerprint density at radius 3 is 2.00 bits per heavy atom. The zero-order chi connectivity index (χ0) is 10.6. The number of H-pyrrole nitrogens is 1. The molecule has 10 heteroatoms. The van der Waals surface area contributed by atoms with Crippen molar-refractivity contribution >= 4 is 18.9 Å². The number of hydrogen-bond acceptors (Lipinski definition) is 5. The number of nitrogens with zero attached hydrogens (tertiary/aromatic N) is 1. The Morgan fingerprint density at radius 2 is 1.53 bits per heavy atom. The minimum absolute atomic E-state index is 0. The summed E-state index contributed by atoms with van der Waals surface area (Å²) in [5.74, 6) is 0. The molecule has 2 aromatic rings. The molecule has 0 aliphatic rings. The molecule has 0 amide bonds. The van der Waals surface area contributed by atoms with Gasteiger partial charge >= 0.3 is 88.7 Å². The van der Waals surface area contributed by atoms with E-state index in [1.165, 1.54) is 0 Å². The fraction of sp³-hybridized carbons (Fsp3) is 0. The molecule has 0 saturated carbocycles. The first kappa shape index (κ1) is 23.9. The Labute approximate surface area is 165 Å². The molecule has 2 rings (SSSR count). The number of nitrogens with one attached hydrogen (secondary N) is 1.